The van der Waals surface area contributed by atoms with Gasteiger partial charge >= 0.3 is 35.8 Å². The number of ether oxygens (including phenoxy) is 6. The van der Waals surface area contributed by atoms with E-state index in [1.54, 1.807) is 20.8 Å². The molecule has 0 bridgehead atoms. The first kappa shape index (κ1) is 62.0. The summed E-state index contributed by atoms with van der Waals surface area (Å²) < 4.78 is 31.7. The number of carbonyl (C=O) groups is 6. The Hall–Kier alpha value is -3.03. The van der Waals surface area contributed by atoms with Crippen molar-refractivity contribution in [2.24, 2.45) is 0 Å². The van der Waals surface area contributed by atoms with Gasteiger partial charge in [0.2, 0.25) is 0 Å². The van der Waals surface area contributed by atoms with Gasteiger partial charge in [-0.1, -0.05) is 57.2 Å². The number of esters is 6. The van der Waals surface area contributed by atoms with E-state index in [2.05, 4.69) is 57.2 Å². The maximum Gasteiger partial charge on any atom is 0.318 e. The van der Waals surface area contributed by atoms with Crippen LogP contribution in [0.4, 0.5) is 0 Å². The van der Waals surface area contributed by atoms with E-state index in [0.29, 0.717) is 32.6 Å². The third-order valence-electron chi connectivity index (χ3n) is 9.19. The summed E-state index contributed by atoms with van der Waals surface area (Å²) in [6.07, 6.45) is 18.8. The summed E-state index contributed by atoms with van der Waals surface area (Å²) >= 11 is 4.52. The van der Waals surface area contributed by atoms with Crippen LogP contribution in [-0.4, -0.2) is 169 Å². The summed E-state index contributed by atoms with van der Waals surface area (Å²) in [6, 6.07) is 0. The second-order valence-electron chi connectivity index (χ2n) is 14.7. The lowest BCUT2D eigenvalue weighted by atomic mass is 10.2. The van der Waals surface area contributed by atoms with E-state index >= 15 is 0 Å². The minimum atomic E-state index is -0.482. The fraction of sp³-hybridized carbons (Fsp3) is 0.745. The average Bonchev–Trinajstić information content (AvgIpc) is 3.29. The highest BCUT2D eigenvalue weighted by Gasteiger charge is 2.19. The van der Waals surface area contributed by atoms with Crippen LogP contribution >= 0.6 is 35.3 Å². The van der Waals surface area contributed by atoms with Crippen molar-refractivity contribution in [3.05, 3.63) is 36.5 Å². The van der Waals surface area contributed by atoms with Crippen LogP contribution in [0.3, 0.4) is 0 Å². The second kappa shape index (κ2) is 43.5. The molecule has 0 aliphatic heterocycles. The highest BCUT2D eigenvalue weighted by molar-refractivity contribution is 8.01. The van der Waals surface area contributed by atoms with Crippen LogP contribution in [0.1, 0.15) is 106 Å². The fourth-order valence-electron chi connectivity index (χ4n) is 5.54. The van der Waals surface area contributed by atoms with Gasteiger partial charge in [-0.2, -0.15) is 0 Å². The van der Waals surface area contributed by atoms with Crippen LogP contribution in [0.25, 0.3) is 0 Å². The fourth-order valence-corrected chi connectivity index (χ4v) is 8.03. The number of nitrogens with zero attached hydrogens (tertiary/aromatic N) is 2. The third-order valence-corrected chi connectivity index (χ3v) is 12.7. The maximum absolute atomic E-state index is 12.7. The Morgan fingerprint density at radius 1 is 0.446 bits per heavy atom. The van der Waals surface area contributed by atoms with Gasteiger partial charge in [-0.25, -0.2) is 0 Å². The normalized spacial score (nSPS) is 13.1. The third kappa shape index (κ3) is 37.7. The number of rotatable bonds is 42. The predicted octanol–water partition coefficient (Wildman–Crippen LogP) is 6.84. The van der Waals surface area contributed by atoms with Crippen molar-refractivity contribution in [3.63, 3.8) is 0 Å². The van der Waals surface area contributed by atoms with Gasteiger partial charge in [0.25, 0.3) is 0 Å². The van der Waals surface area contributed by atoms with E-state index in [1.165, 1.54) is 35.3 Å². The van der Waals surface area contributed by atoms with Crippen LogP contribution in [0.15, 0.2) is 36.5 Å². The molecule has 65 heavy (non-hydrogen) atoms. The Labute approximate surface area is 402 Å². The van der Waals surface area contributed by atoms with Crippen LogP contribution < -0.4 is 0 Å². The molecular formula is C47H80N2O13S3. The largest absolute Gasteiger partial charge is 0.462 e. The van der Waals surface area contributed by atoms with Gasteiger partial charge in [0.1, 0.15) is 39.6 Å². The zero-order chi connectivity index (χ0) is 48.3. The van der Waals surface area contributed by atoms with Crippen molar-refractivity contribution >= 4 is 71.1 Å². The SMILES string of the molecule is CC/C=C\CCSC(C)C(=O)OCCOC(=O)CCN(CCO)CCCN(CCC(=O)OCCOC(=O)C(C)SCC/C=C\CC)CCC(=O)OCCOC(=O)C(C)SCC/C=C\CC. The van der Waals surface area contributed by atoms with Crippen molar-refractivity contribution in [1.29, 1.82) is 0 Å². The van der Waals surface area contributed by atoms with E-state index in [0.717, 1.165) is 55.8 Å². The minimum Gasteiger partial charge on any atom is -0.462 e. The molecule has 0 heterocycles. The van der Waals surface area contributed by atoms with Crippen LogP contribution in [0, 0.1) is 0 Å². The summed E-state index contributed by atoms with van der Waals surface area (Å²) in [5, 5.41) is 8.70. The molecule has 374 valence electrons. The van der Waals surface area contributed by atoms with Crippen molar-refractivity contribution < 1.29 is 62.3 Å². The van der Waals surface area contributed by atoms with E-state index in [4.69, 9.17) is 28.4 Å². The van der Waals surface area contributed by atoms with Gasteiger partial charge in [-0.3, -0.25) is 28.8 Å². The number of thioether (sulfide) groups is 3. The molecule has 18 heteroatoms. The van der Waals surface area contributed by atoms with Crippen molar-refractivity contribution in [1.82, 2.24) is 9.80 Å². The highest BCUT2D eigenvalue weighted by atomic mass is 32.2. The average molecular weight is 977 g/mol. The lowest BCUT2D eigenvalue weighted by molar-refractivity contribution is -0.152. The molecule has 0 spiro atoms. The van der Waals surface area contributed by atoms with Gasteiger partial charge < -0.3 is 43.3 Å². The van der Waals surface area contributed by atoms with Gasteiger partial charge in [-0.05, 0) is 96.1 Å². The molecule has 0 aliphatic rings. The van der Waals surface area contributed by atoms with Crippen LogP contribution in [0.5, 0.6) is 0 Å². The summed E-state index contributed by atoms with van der Waals surface area (Å²) in [6.45, 7) is 13.3. The molecule has 0 aromatic rings. The number of hydrogen-bond acceptors (Lipinski definition) is 18. The quantitative estimate of drug-likeness (QED) is 0.0290. The molecule has 0 rings (SSSR count). The molecule has 0 aromatic carbocycles. The summed E-state index contributed by atoms with van der Waals surface area (Å²) in [5.41, 5.74) is 0. The number of hydrogen-bond donors (Lipinski definition) is 1. The topological polar surface area (TPSA) is 185 Å². The molecule has 0 aromatic heterocycles. The van der Waals surface area contributed by atoms with Crippen molar-refractivity contribution in [2.75, 3.05) is 103 Å². The van der Waals surface area contributed by atoms with Crippen molar-refractivity contribution in [3.8, 4) is 0 Å². The smallest absolute Gasteiger partial charge is 0.318 e. The molecule has 0 saturated carbocycles. The molecule has 0 fully saturated rings. The minimum absolute atomic E-state index is 0.0253. The summed E-state index contributed by atoms with van der Waals surface area (Å²) in [7, 11) is 0. The Morgan fingerprint density at radius 3 is 1.03 bits per heavy atom. The summed E-state index contributed by atoms with van der Waals surface area (Å²) in [5.74, 6) is -0.0860. The molecule has 0 aliphatic carbocycles. The number of aliphatic hydroxyl groups is 1. The Balaban J connectivity index is 4.98. The molecule has 0 amide bonds. The number of aliphatic hydroxyl groups excluding tert-OH is 1. The molecular weight excluding hydrogens is 897 g/mol. The van der Waals surface area contributed by atoms with Gasteiger partial charge in [0, 0.05) is 26.2 Å². The zero-order valence-corrected chi connectivity index (χ0v) is 42.5. The summed E-state index contributed by atoms with van der Waals surface area (Å²) in [4.78, 5) is 78.6. The molecule has 3 unspecified atom stereocenters. The lowest BCUT2D eigenvalue weighted by Gasteiger charge is -2.25. The van der Waals surface area contributed by atoms with E-state index < -0.39 is 17.9 Å². The standard InChI is InChI=1S/C47H80N2O13S3/c1-7-10-13-16-36-63-39(4)45(54)60-33-30-57-42(51)20-25-48(26-21-43(52)58-31-34-61-46(55)40(5)64-37-17-14-11-8-2)23-19-24-49(28-29-50)27-22-44(53)59-32-35-62-47(56)41(6)65-38-18-15-12-9-3/h10-15,39-41,50H,7-9,16-38H2,1-6H3/b13-10-,14-11-,15-12-. The van der Waals surface area contributed by atoms with E-state index in [1.807, 2.05) is 9.80 Å². The number of allylic oxidation sites excluding steroid dienone is 6. The molecule has 0 saturated heterocycles. The monoisotopic (exact) mass is 976 g/mol. The van der Waals surface area contributed by atoms with Crippen molar-refractivity contribution in [2.45, 2.75) is 122 Å². The van der Waals surface area contributed by atoms with E-state index in [-0.39, 0.29) is 112 Å². The van der Waals surface area contributed by atoms with E-state index in [9.17, 15) is 33.9 Å². The van der Waals surface area contributed by atoms with Gasteiger partial charge in [0.05, 0.1) is 41.6 Å². The molecule has 0 radical (unpaired) electrons. The van der Waals surface area contributed by atoms with Gasteiger partial charge in [0.15, 0.2) is 0 Å². The van der Waals surface area contributed by atoms with Gasteiger partial charge in [-0.15, -0.1) is 35.3 Å². The lowest BCUT2D eigenvalue weighted by Crippen LogP contribution is -2.35. The van der Waals surface area contributed by atoms with Crippen LogP contribution in [0.2, 0.25) is 0 Å². The molecule has 3 atom stereocenters. The first-order valence-electron chi connectivity index (χ1n) is 23.2. The van der Waals surface area contributed by atoms with Crippen LogP contribution in [-0.2, 0) is 57.2 Å². The predicted molar refractivity (Wildman–Crippen MR) is 262 cm³/mol. The number of carbonyl (C=O) groups excluding carboxylic acids is 6. The first-order valence-corrected chi connectivity index (χ1v) is 26.3. The molecule has 1 N–H and O–H groups in total. The second-order valence-corrected chi connectivity index (χ2v) is 19.1. The Morgan fingerprint density at radius 2 is 0.738 bits per heavy atom. The Kier molecular flexibility index (Phi) is 41.5. The first-order chi connectivity index (χ1) is 31.4. The highest BCUT2D eigenvalue weighted by Crippen LogP contribution is 2.16. The molecule has 15 nitrogen and oxygen atoms in total. The maximum atomic E-state index is 12.7. The zero-order valence-electron chi connectivity index (χ0n) is 40.0. The Bertz CT molecular complexity index is 1320.